The minimum absolute atomic E-state index is 0.0646. The largest absolute Gasteiger partial charge is 0.433 e. The second-order valence-corrected chi connectivity index (χ2v) is 5.12. The van der Waals surface area contributed by atoms with E-state index in [1.165, 1.54) is 5.56 Å². The van der Waals surface area contributed by atoms with Gasteiger partial charge >= 0.3 is 6.18 Å². The first-order valence-electron chi connectivity index (χ1n) is 6.55. The van der Waals surface area contributed by atoms with E-state index in [1.54, 1.807) is 0 Å². The van der Waals surface area contributed by atoms with Crippen molar-refractivity contribution in [2.45, 2.75) is 32.9 Å². The Morgan fingerprint density at radius 2 is 1.86 bits per heavy atom. The van der Waals surface area contributed by atoms with Crippen LogP contribution in [0.15, 0.2) is 30.5 Å². The second-order valence-electron chi connectivity index (χ2n) is 5.12. The van der Waals surface area contributed by atoms with Crippen LogP contribution in [0.4, 0.5) is 24.8 Å². The van der Waals surface area contributed by atoms with Crippen LogP contribution in [0.5, 0.6) is 0 Å². The van der Waals surface area contributed by atoms with Crippen LogP contribution in [0.1, 0.15) is 36.6 Å². The quantitative estimate of drug-likeness (QED) is 0.894. The normalized spacial score (nSPS) is 11.8. The standard InChI is InChI=1S/C15H16F3N3/c1-9(2)11-4-5-12(10(3)8-11)20-14-19-7-6-13(21-14)15(16,17)18/h4-9H,1-3H3,(H,19,20,21). The first-order chi connectivity index (χ1) is 9.77. The van der Waals surface area contributed by atoms with Crippen LogP contribution >= 0.6 is 0 Å². The number of nitrogens with zero attached hydrogens (tertiary/aromatic N) is 2. The van der Waals surface area contributed by atoms with E-state index in [0.29, 0.717) is 11.6 Å². The topological polar surface area (TPSA) is 37.8 Å². The van der Waals surface area contributed by atoms with Gasteiger partial charge in [0.05, 0.1) is 0 Å². The van der Waals surface area contributed by atoms with E-state index in [4.69, 9.17) is 0 Å². The molecule has 0 saturated heterocycles. The lowest BCUT2D eigenvalue weighted by Crippen LogP contribution is -2.10. The third-order valence-corrected chi connectivity index (χ3v) is 3.11. The summed E-state index contributed by atoms with van der Waals surface area (Å²) < 4.78 is 37.8. The maximum Gasteiger partial charge on any atom is 0.433 e. The number of aryl methyl sites for hydroxylation is 1. The number of halogens is 3. The van der Waals surface area contributed by atoms with Gasteiger partial charge in [-0.1, -0.05) is 26.0 Å². The highest BCUT2D eigenvalue weighted by Gasteiger charge is 2.32. The van der Waals surface area contributed by atoms with Crippen molar-refractivity contribution in [3.8, 4) is 0 Å². The van der Waals surface area contributed by atoms with Gasteiger partial charge in [0.1, 0.15) is 5.69 Å². The Morgan fingerprint density at radius 1 is 1.14 bits per heavy atom. The molecule has 0 bridgehead atoms. The van der Waals surface area contributed by atoms with Crippen LogP contribution in [-0.2, 0) is 6.18 Å². The van der Waals surface area contributed by atoms with Crippen LogP contribution in [0.2, 0.25) is 0 Å². The molecule has 0 atom stereocenters. The Hall–Kier alpha value is -2.11. The Balaban J connectivity index is 2.26. The summed E-state index contributed by atoms with van der Waals surface area (Å²) in [6.07, 6.45) is -3.38. The fourth-order valence-corrected chi connectivity index (χ4v) is 1.88. The highest BCUT2D eigenvalue weighted by atomic mass is 19.4. The van der Waals surface area contributed by atoms with Crippen molar-refractivity contribution in [2.24, 2.45) is 0 Å². The van der Waals surface area contributed by atoms with E-state index in [2.05, 4.69) is 29.1 Å². The van der Waals surface area contributed by atoms with Gasteiger partial charge in [-0.25, -0.2) is 9.97 Å². The summed E-state index contributed by atoms with van der Waals surface area (Å²) >= 11 is 0. The highest BCUT2D eigenvalue weighted by Crippen LogP contribution is 2.28. The van der Waals surface area contributed by atoms with Crippen LogP contribution < -0.4 is 5.32 Å². The molecule has 0 saturated carbocycles. The summed E-state index contributed by atoms with van der Waals surface area (Å²) in [6, 6.07) is 6.61. The Morgan fingerprint density at radius 3 is 2.43 bits per heavy atom. The van der Waals surface area contributed by atoms with E-state index >= 15 is 0 Å². The molecule has 1 N–H and O–H groups in total. The molecule has 2 aromatic rings. The molecule has 0 radical (unpaired) electrons. The molecule has 21 heavy (non-hydrogen) atoms. The Labute approximate surface area is 121 Å². The van der Waals surface area contributed by atoms with Crippen molar-refractivity contribution < 1.29 is 13.2 Å². The molecule has 0 aliphatic rings. The third-order valence-electron chi connectivity index (χ3n) is 3.11. The van der Waals surface area contributed by atoms with E-state index in [9.17, 15) is 13.2 Å². The molecule has 0 spiro atoms. The monoisotopic (exact) mass is 295 g/mol. The Bertz CT molecular complexity index is 636. The molecular formula is C15H16F3N3. The minimum atomic E-state index is -4.48. The molecule has 3 nitrogen and oxygen atoms in total. The van der Waals surface area contributed by atoms with E-state index < -0.39 is 11.9 Å². The molecular weight excluding hydrogens is 279 g/mol. The molecule has 6 heteroatoms. The van der Waals surface area contributed by atoms with Gasteiger partial charge in [0, 0.05) is 11.9 Å². The van der Waals surface area contributed by atoms with Gasteiger partial charge in [-0.3, -0.25) is 0 Å². The lowest BCUT2D eigenvalue weighted by atomic mass is 10.0. The number of benzene rings is 1. The fourth-order valence-electron chi connectivity index (χ4n) is 1.88. The molecule has 2 rings (SSSR count). The molecule has 1 heterocycles. The molecule has 0 amide bonds. The summed E-state index contributed by atoms with van der Waals surface area (Å²) in [5.41, 5.74) is 1.83. The van der Waals surface area contributed by atoms with Gasteiger partial charge in [-0.15, -0.1) is 0 Å². The number of aromatic nitrogens is 2. The average molecular weight is 295 g/mol. The number of hydrogen-bond donors (Lipinski definition) is 1. The fraction of sp³-hybridized carbons (Fsp3) is 0.333. The minimum Gasteiger partial charge on any atom is -0.324 e. The van der Waals surface area contributed by atoms with Crippen LogP contribution in [0.25, 0.3) is 0 Å². The second kappa shape index (κ2) is 5.71. The first-order valence-corrected chi connectivity index (χ1v) is 6.55. The number of rotatable bonds is 3. The van der Waals surface area contributed by atoms with Crippen molar-refractivity contribution in [3.63, 3.8) is 0 Å². The lowest BCUT2D eigenvalue weighted by Gasteiger charge is -2.13. The van der Waals surface area contributed by atoms with E-state index in [1.807, 2.05) is 25.1 Å². The van der Waals surface area contributed by atoms with Crippen molar-refractivity contribution in [2.75, 3.05) is 5.32 Å². The summed E-state index contributed by atoms with van der Waals surface area (Å²) in [6.45, 7) is 6.05. The van der Waals surface area contributed by atoms with E-state index in [-0.39, 0.29) is 5.95 Å². The summed E-state index contributed by atoms with van der Waals surface area (Å²) in [5, 5.41) is 2.83. The maximum absolute atomic E-state index is 12.6. The number of hydrogen-bond acceptors (Lipinski definition) is 3. The zero-order chi connectivity index (χ0) is 15.6. The first kappa shape index (κ1) is 15.3. The third kappa shape index (κ3) is 3.71. The van der Waals surface area contributed by atoms with Crippen molar-refractivity contribution in [1.82, 2.24) is 9.97 Å². The van der Waals surface area contributed by atoms with Gasteiger partial charge in [0.2, 0.25) is 5.95 Å². The van der Waals surface area contributed by atoms with Gasteiger partial charge in [-0.05, 0) is 36.1 Å². The van der Waals surface area contributed by atoms with Gasteiger partial charge in [-0.2, -0.15) is 13.2 Å². The highest BCUT2D eigenvalue weighted by molar-refractivity contribution is 5.59. The zero-order valence-electron chi connectivity index (χ0n) is 12.0. The predicted octanol–water partition coefficient (Wildman–Crippen LogP) is 4.67. The molecule has 0 aliphatic heterocycles. The summed E-state index contributed by atoms with van der Waals surface area (Å²) in [5.74, 6) is 0.327. The van der Waals surface area contributed by atoms with Crippen LogP contribution in [0.3, 0.4) is 0 Å². The van der Waals surface area contributed by atoms with Crippen LogP contribution in [0, 0.1) is 6.92 Å². The molecule has 1 aromatic carbocycles. The molecule has 0 unspecified atom stereocenters. The Kier molecular flexibility index (Phi) is 4.16. The van der Waals surface area contributed by atoms with Crippen molar-refractivity contribution in [1.29, 1.82) is 0 Å². The summed E-state index contributed by atoms with van der Waals surface area (Å²) in [4.78, 5) is 7.32. The zero-order valence-corrected chi connectivity index (χ0v) is 12.0. The predicted molar refractivity (Wildman–Crippen MR) is 75.6 cm³/mol. The maximum atomic E-state index is 12.6. The SMILES string of the molecule is Cc1cc(C(C)C)ccc1Nc1nccc(C(F)(F)F)n1. The lowest BCUT2D eigenvalue weighted by molar-refractivity contribution is -0.141. The van der Waals surface area contributed by atoms with Crippen LogP contribution in [-0.4, -0.2) is 9.97 Å². The summed E-state index contributed by atoms with van der Waals surface area (Å²) in [7, 11) is 0. The van der Waals surface area contributed by atoms with Gasteiger partial charge < -0.3 is 5.32 Å². The smallest absolute Gasteiger partial charge is 0.324 e. The number of nitrogens with one attached hydrogen (secondary N) is 1. The average Bonchev–Trinajstić information content (AvgIpc) is 2.40. The number of alkyl halides is 3. The molecule has 112 valence electrons. The van der Waals surface area contributed by atoms with Crippen molar-refractivity contribution >= 4 is 11.6 Å². The molecule has 0 aliphatic carbocycles. The molecule has 1 aromatic heterocycles. The van der Waals surface area contributed by atoms with E-state index in [0.717, 1.165) is 17.8 Å². The van der Waals surface area contributed by atoms with Crippen molar-refractivity contribution in [3.05, 3.63) is 47.3 Å². The molecule has 0 fully saturated rings. The van der Waals surface area contributed by atoms with Gasteiger partial charge in [0.25, 0.3) is 0 Å². The number of anilines is 2. The van der Waals surface area contributed by atoms with Gasteiger partial charge in [0.15, 0.2) is 0 Å².